The van der Waals surface area contributed by atoms with Gasteiger partial charge < -0.3 is 10.3 Å². The van der Waals surface area contributed by atoms with E-state index in [9.17, 15) is 9.59 Å². The van der Waals surface area contributed by atoms with Gasteiger partial charge in [-0.2, -0.15) is 4.98 Å². The summed E-state index contributed by atoms with van der Waals surface area (Å²) in [7, 11) is 0. The van der Waals surface area contributed by atoms with Crippen LogP contribution in [0.3, 0.4) is 0 Å². The lowest BCUT2D eigenvalue weighted by Crippen LogP contribution is -2.36. The number of fused-ring (bicyclic) bond motifs is 1. The minimum absolute atomic E-state index is 0.194. The largest absolute Gasteiger partial charge is 0.348 e. The van der Waals surface area contributed by atoms with Crippen LogP contribution >= 0.6 is 0 Å². The van der Waals surface area contributed by atoms with Gasteiger partial charge in [0.25, 0.3) is 5.91 Å². The number of aromatic amines is 1. The zero-order valence-corrected chi connectivity index (χ0v) is 11.9. The first kappa shape index (κ1) is 13.8. The van der Waals surface area contributed by atoms with E-state index in [4.69, 9.17) is 0 Å². The number of carbonyl (C=O) groups excluding carboxylic acids is 1. The molecular formula is C16H19N3O2. The molecule has 1 aliphatic carbocycles. The van der Waals surface area contributed by atoms with Crippen LogP contribution in [0.25, 0.3) is 10.9 Å². The van der Waals surface area contributed by atoms with E-state index in [-0.39, 0.29) is 17.6 Å². The first-order chi connectivity index (χ1) is 10.2. The number of para-hydroxylation sites is 1. The number of hydrogen-bond donors (Lipinski definition) is 2. The Morgan fingerprint density at radius 3 is 2.62 bits per heavy atom. The van der Waals surface area contributed by atoms with E-state index in [2.05, 4.69) is 15.3 Å². The number of aromatic nitrogens is 2. The summed E-state index contributed by atoms with van der Waals surface area (Å²) in [5.74, 6) is -0.246. The first-order valence-corrected chi connectivity index (χ1v) is 7.54. The number of hydrogen-bond acceptors (Lipinski definition) is 3. The highest BCUT2D eigenvalue weighted by atomic mass is 16.2. The molecule has 0 radical (unpaired) electrons. The predicted octanol–water partition coefficient (Wildman–Crippen LogP) is 2.38. The fraction of sp³-hybridized carbons (Fsp3) is 0.438. The lowest BCUT2D eigenvalue weighted by atomic mass is 10.1. The smallest absolute Gasteiger partial charge is 0.346 e. The third kappa shape index (κ3) is 3.12. The van der Waals surface area contributed by atoms with Crippen LogP contribution in [0.2, 0.25) is 0 Å². The van der Waals surface area contributed by atoms with Gasteiger partial charge in [-0.15, -0.1) is 0 Å². The Morgan fingerprint density at radius 1 is 1.14 bits per heavy atom. The third-order valence-electron chi connectivity index (χ3n) is 4.04. The highest BCUT2D eigenvalue weighted by molar-refractivity contribution is 6.04. The van der Waals surface area contributed by atoms with E-state index >= 15 is 0 Å². The molecule has 0 aliphatic heterocycles. The van der Waals surface area contributed by atoms with Gasteiger partial charge in [0.2, 0.25) is 0 Å². The van der Waals surface area contributed by atoms with Crippen LogP contribution < -0.4 is 11.0 Å². The summed E-state index contributed by atoms with van der Waals surface area (Å²) in [4.78, 5) is 30.6. The number of nitrogens with one attached hydrogen (secondary N) is 2. The van der Waals surface area contributed by atoms with Crippen LogP contribution in [0.4, 0.5) is 0 Å². The molecule has 1 amide bonds. The van der Waals surface area contributed by atoms with Gasteiger partial charge >= 0.3 is 5.69 Å². The zero-order chi connectivity index (χ0) is 14.7. The molecule has 0 unspecified atom stereocenters. The second-order valence-corrected chi connectivity index (χ2v) is 5.60. The molecule has 1 fully saturated rings. The van der Waals surface area contributed by atoms with Crippen LogP contribution in [0.5, 0.6) is 0 Å². The molecule has 1 saturated carbocycles. The third-order valence-corrected chi connectivity index (χ3v) is 4.04. The fourth-order valence-electron chi connectivity index (χ4n) is 2.95. The van der Waals surface area contributed by atoms with E-state index in [1.807, 2.05) is 12.1 Å². The molecule has 3 rings (SSSR count). The van der Waals surface area contributed by atoms with Crippen LogP contribution in [-0.4, -0.2) is 21.9 Å². The highest BCUT2D eigenvalue weighted by Gasteiger charge is 2.18. The number of H-pyrrole nitrogens is 1. The molecule has 0 saturated heterocycles. The summed E-state index contributed by atoms with van der Waals surface area (Å²) in [5.41, 5.74) is 0.377. The Kier molecular flexibility index (Phi) is 3.99. The Bertz CT molecular complexity index is 700. The van der Waals surface area contributed by atoms with E-state index in [0.717, 1.165) is 25.7 Å². The molecule has 2 aromatic rings. The molecule has 0 bridgehead atoms. The van der Waals surface area contributed by atoms with Gasteiger partial charge in [0.05, 0.1) is 5.52 Å². The van der Waals surface area contributed by atoms with Gasteiger partial charge in [-0.1, -0.05) is 43.9 Å². The van der Waals surface area contributed by atoms with Crippen molar-refractivity contribution in [2.75, 3.05) is 0 Å². The maximum absolute atomic E-state index is 12.5. The second-order valence-electron chi connectivity index (χ2n) is 5.60. The first-order valence-electron chi connectivity index (χ1n) is 7.54. The van der Waals surface area contributed by atoms with Crippen molar-refractivity contribution in [3.05, 3.63) is 40.4 Å². The molecule has 1 heterocycles. The van der Waals surface area contributed by atoms with Crippen LogP contribution in [0, 0.1) is 0 Å². The standard InChI is InChI=1S/C16H19N3O2/c20-15(17-11-7-3-1-2-4-8-11)14-12-9-5-6-10-13(12)18-16(21)19-14/h5-6,9-11H,1-4,7-8H2,(H,17,20)(H,18,19,21). The van der Waals surface area contributed by atoms with Gasteiger partial charge in [0.15, 0.2) is 0 Å². The Morgan fingerprint density at radius 2 is 1.86 bits per heavy atom. The molecule has 110 valence electrons. The second kappa shape index (κ2) is 6.08. The van der Waals surface area contributed by atoms with Crippen molar-refractivity contribution in [2.45, 2.75) is 44.6 Å². The molecule has 0 atom stereocenters. The molecular weight excluding hydrogens is 266 g/mol. The van der Waals surface area contributed by atoms with Gasteiger partial charge in [0.1, 0.15) is 5.69 Å². The topological polar surface area (TPSA) is 74.8 Å². The normalized spacial score (nSPS) is 16.6. The quantitative estimate of drug-likeness (QED) is 0.832. The maximum Gasteiger partial charge on any atom is 0.346 e. The number of benzene rings is 1. The average Bonchev–Trinajstić information content (AvgIpc) is 2.75. The fourth-order valence-corrected chi connectivity index (χ4v) is 2.95. The van der Waals surface area contributed by atoms with E-state index in [1.165, 1.54) is 12.8 Å². The average molecular weight is 285 g/mol. The summed E-state index contributed by atoms with van der Waals surface area (Å²) in [6.07, 6.45) is 6.78. The van der Waals surface area contributed by atoms with E-state index < -0.39 is 5.69 Å². The molecule has 1 aromatic heterocycles. The lowest BCUT2D eigenvalue weighted by Gasteiger charge is -2.16. The molecule has 1 aliphatic rings. The van der Waals surface area contributed by atoms with Crippen LogP contribution in [-0.2, 0) is 0 Å². The highest BCUT2D eigenvalue weighted by Crippen LogP contribution is 2.18. The van der Waals surface area contributed by atoms with Gasteiger partial charge in [-0.3, -0.25) is 4.79 Å². The van der Waals surface area contributed by atoms with E-state index in [0.29, 0.717) is 10.9 Å². The number of rotatable bonds is 2. The number of nitrogens with zero attached hydrogens (tertiary/aromatic N) is 1. The minimum Gasteiger partial charge on any atom is -0.348 e. The molecule has 1 aromatic carbocycles. The van der Waals surface area contributed by atoms with Crippen molar-refractivity contribution in [3.63, 3.8) is 0 Å². The Labute approximate surface area is 122 Å². The Balaban J connectivity index is 1.88. The zero-order valence-electron chi connectivity index (χ0n) is 11.9. The molecule has 0 spiro atoms. The van der Waals surface area contributed by atoms with Crippen molar-refractivity contribution in [3.8, 4) is 0 Å². The lowest BCUT2D eigenvalue weighted by molar-refractivity contribution is 0.0930. The number of amides is 1. The summed E-state index contributed by atoms with van der Waals surface area (Å²) in [6.45, 7) is 0. The number of carbonyl (C=O) groups is 1. The van der Waals surface area contributed by atoms with Crippen molar-refractivity contribution in [2.24, 2.45) is 0 Å². The molecule has 21 heavy (non-hydrogen) atoms. The van der Waals surface area contributed by atoms with Gasteiger partial charge in [-0.25, -0.2) is 4.79 Å². The van der Waals surface area contributed by atoms with Crippen molar-refractivity contribution >= 4 is 16.8 Å². The van der Waals surface area contributed by atoms with E-state index in [1.54, 1.807) is 12.1 Å². The van der Waals surface area contributed by atoms with Crippen molar-refractivity contribution in [1.29, 1.82) is 0 Å². The van der Waals surface area contributed by atoms with Gasteiger partial charge in [0, 0.05) is 11.4 Å². The monoisotopic (exact) mass is 285 g/mol. The Hall–Kier alpha value is -2.17. The molecule has 2 N–H and O–H groups in total. The van der Waals surface area contributed by atoms with Crippen LogP contribution in [0.1, 0.15) is 49.0 Å². The summed E-state index contributed by atoms with van der Waals surface area (Å²) in [6, 6.07) is 7.44. The van der Waals surface area contributed by atoms with Gasteiger partial charge in [-0.05, 0) is 18.9 Å². The summed E-state index contributed by atoms with van der Waals surface area (Å²) in [5, 5.41) is 3.72. The predicted molar refractivity (Wildman–Crippen MR) is 81.3 cm³/mol. The maximum atomic E-state index is 12.5. The molecule has 5 heteroatoms. The molecule has 5 nitrogen and oxygen atoms in total. The minimum atomic E-state index is -0.486. The summed E-state index contributed by atoms with van der Waals surface area (Å²) >= 11 is 0. The SMILES string of the molecule is O=C(NC1CCCCCC1)c1nc(=O)[nH]c2ccccc12. The van der Waals surface area contributed by atoms with Crippen molar-refractivity contribution < 1.29 is 4.79 Å². The van der Waals surface area contributed by atoms with Crippen molar-refractivity contribution in [1.82, 2.24) is 15.3 Å². The summed E-state index contributed by atoms with van der Waals surface area (Å²) < 4.78 is 0. The van der Waals surface area contributed by atoms with Crippen LogP contribution in [0.15, 0.2) is 29.1 Å².